The Bertz CT molecular complexity index is 725. The van der Waals surface area contributed by atoms with Gasteiger partial charge in [0.05, 0.1) is 12.6 Å². The maximum Gasteiger partial charge on any atom is 0.319 e. The van der Waals surface area contributed by atoms with E-state index in [0.29, 0.717) is 12.5 Å². The number of hydrogen-bond acceptors (Lipinski definition) is 3. The van der Waals surface area contributed by atoms with Gasteiger partial charge in [-0.05, 0) is 31.5 Å². The Balaban J connectivity index is 1.60. The molecule has 27 heavy (non-hydrogen) atoms. The second-order valence-electron chi connectivity index (χ2n) is 6.50. The second kappa shape index (κ2) is 9.45. The Labute approximate surface area is 158 Å². The summed E-state index contributed by atoms with van der Waals surface area (Å²) >= 11 is 0. The SMILES string of the molecule is CN=C(NCc1nccn1C(F)F)NCC(c1ccccc1)N1CCCC1. The third-order valence-electron chi connectivity index (χ3n) is 4.83. The molecule has 1 aromatic heterocycles. The molecule has 0 bridgehead atoms. The number of nitrogens with one attached hydrogen (secondary N) is 2. The topological polar surface area (TPSA) is 57.5 Å². The van der Waals surface area contributed by atoms with Gasteiger partial charge in [-0.15, -0.1) is 0 Å². The van der Waals surface area contributed by atoms with E-state index in [2.05, 4.69) is 49.8 Å². The summed E-state index contributed by atoms with van der Waals surface area (Å²) in [6.07, 6.45) is 5.08. The maximum atomic E-state index is 12.9. The minimum Gasteiger partial charge on any atom is -0.354 e. The zero-order chi connectivity index (χ0) is 19.1. The van der Waals surface area contributed by atoms with Crippen LogP contribution in [0, 0.1) is 0 Å². The van der Waals surface area contributed by atoms with Crippen LogP contribution < -0.4 is 10.6 Å². The van der Waals surface area contributed by atoms with Gasteiger partial charge in [-0.25, -0.2) is 4.98 Å². The van der Waals surface area contributed by atoms with Crippen LogP contribution in [0.25, 0.3) is 0 Å². The number of rotatable bonds is 7. The van der Waals surface area contributed by atoms with Crippen molar-refractivity contribution in [1.29, 1.82) is 0 Å². The second-order valence-corrected chi connectivity index (χ2v) is 6.50. The van der Waals surface area contributed by atoms with Gasteiger partial charge in [0.2, 0.25) is 0 Å². The average molecular weight is 376 g/mol. The molecule has 1 saturated heterocycles. The number of imidazole rings is 1. The molecular weight excluding hydrogens is 350 g/mol. The number of aliphatic imine (C=N–C) groups is 1. The number of guanidine groups is 1. The van der Waals surface area contributed by atoms with Crippen LogP contribution in [0.5, 0.6) is 0 Å². The molecule has 1 unspecified atom stereocenters. The van der Waals surface area contributed by atoms with Crippen LogP contribution in [0.3, 0.4) is 0 Å². The number of benzene rings is 1. The lowest BCUT2D eigenvalue weighted by Crippen LogP contribution is -2.42. The molecule has 0 aliphatic carbocycles. The lowest BCUT2D eigenvalue weighted by molar-refractivity contribution is 0.0668. The Morgan fingerprint density at radius 1 is 1.19 bits per heavy atom. The lowest BCUT2D eigenvalue weighted by Gasteiger charge is -2.29. The summed E-state index contributed by atoms with van der Waals surface area (Å²) in [5, 5.41) is 6.40. The summed E-state index contributed by atoms with van der Waals surface area (Å²) in [6, 6.07) is 10.6. The van der Waals surface area contributed by atoms with E-state index in [9.17, 15) is 8.78 Å². The normalized spacial score (nSPS) is 16.7. The van der Waals surface area contributed by atoms with Crippen LogP contribution in [0.2, 0.25) is 0 Å². The van der Waals surface area contributed by atoms with Crippen LogP contribution >= 0.6 is 0 Å². The number of nitrogens with zero attached hydrogens (tertiary/aromatic N) is 4. The summed E-state index contributed by atoms with van der Waals surface area (Å²) in [4.78, 5) is 10.7. The van der Waals surface area contributed by atoms with E-state index in [4.69, 9.17) is 0 Å². The van der Waals surface area contributed by atoms with Crippen molar-refractivity contribution in [3.8, 4) is 0 Å². The summed E-state index contributed by atoms with van der Waals surface area (Å²) < 4.78 is 26.7. The highest BCUT2D eigenvalue weighted by Crippen LogP contribution is 2.24. The molecule has 0 radical (unpaired) electrons. The molecule has 8 heteroatoms. The summed E-state index contributed by atoms with van der Waals surface area (Å²) in [5.41, 5.74) is 1.26. The van der Waals surface area contributed by atoms with Gasteiger partial charge in [-0.2, -0.15) is 8.78 Å². The third kappa shape index (κ3) is 5.03. The Morgan fingerprint density at radius 3 is 2.59 bits per heavy atom. The largest absolute Gasteiger partial charge is 0.354 e. The summed E-state index contributed by atoms with van der Waals surface area (Å²) in [7, 11) is 1.67. The van der Waals surface area contributed by atoms with Gasteiger partial charge in [0.25, 0.3) is 0 Å². The zero-order valence-corrected chi connectivity index (χ0v) is 15.5. The van der Waals surface area contributed by atoms with Crippen LogP contribution in [0.15, 0.2) is 47.7 Å². The number of aromatic nitrogens is 2. The van der Waals surface area contributed by atoms with E-state index in [1.165, 1.54) is 30.8 Å². The number of hydrogen-bond donors (Lipinski definition) is 2. The number of alkyl halides is 2. The fourth-order valence-electron chi connectivity index (χ4n) is 3.42. The fourth-order valence-corrected chi connectivity index (χ4v) is 3.42. The smallest absolute Gasteiger partial charge is 0.319 e. The van der Waals surface area contributed by atoms with Crippen molar-refractivity contribution in [1.82, 2.24) is 25.1 Å². The highest BCUT2D eigenvalue weighted by atomic mass is 19.3. The minimum atomic E-state index is -2.60. The summed E-state index contributed by atoms with van der Waals surface area (Å²) in [6.45, 7) is 0.430. The highest BCUT2D eigenvalue weighted by molar-refractivity contribution is 5.79. The van der Waals surface area contributed by atoms with E-state index in [0.717, 1.165) is 17.7 Å². The molecule has 6 nitrogen and oxygen atoms in total. The Hall–Kier alpha value is -2.48. The number of halogens is 2. The van der Waals surface area contributed by atoms with Crippen molar-refractivity contribution in [2.75, 3.05) is 26.7 Å². The first kappa shape index (κ1) is 19.3. The predicted molar refractivity (Wildman–Crippen MR) is 102 cm³/mol. The molecule has 1 aliphatic rings. The van der Waals surface area contributed by atoms with Crippen molar-refractivity contribution >= 4 is 5.96 Å². The van der Waals surface area contributed by atoms with Gasteiger partial charge in [-0.1, -0.05) is 30.3 Å². The van der Waals surface area contributed by atoms with Gasteiger partial charge in [0.1, 0.15) is 5.82 Å². The van der Waals surface area contributed by atoms with E-state index >= 15 is 0 Å². The molecular formula is C19H26F2N6. The molecule has 1 aromatic carbocycles. The highest BCUT2D eigenvalue weighted by Gasteiger charge is 2.23. The molecule has 1 fully saturated rings. The fraction of sp³-hybridized carbons (Fsp3) is 0.474. The van der Waals surface area contributed by atoms with Gasteiger partial charge in [0.15, 0.2) is 5.96 Å². The molecule has 0 spiro atoms. The molecule has 0 amide bonds. The maximum absolute atomic E-state index is 12.9. The van der Waals surface area contributed by atoms with Crippen molar-refractivity contribution in [3.63, 3.8) is 0 Å². The van der Waals surface area contributed by atoms with E-state index < -0.39 is 6.55 Å². The van der Waals surface area contributed by atoms with Crippen LogP contribution in [-0.4, -0.2) is 47.1 Å². The van der Waals surface area contributed by atoms with Crippen molar-refractivity contribution in [2.24, 2.45) is 4.99 Å². The van der Waals surface area contributed by atoms with Crippen molar-refractivity contribution < 1.29 is 8.78 Å². The van der Waals surface area contributed by atoms with Gasteiger partial charge >= 0.3 is 6.55 Å². The predicted octanol–water partition coefficient (Wildman–Crippen LogP) is 2.78. The van der Waals surface area contributed by atoms with Gasteiger partial charge < -0.3 is 10.6 Å². The first-order valence-corrected chi connectivity index (χ1v) is 9.22. The molecule has 2 aromatic rings. The zero-order valence-electron chi connectivity index (χ0n) is 15.5. The standard InChI is InChI=1S/C19H26F2N6/c1-22-19(25-14-17-23-9-12-27(17)18(20)21)24-13-16(26-10-5-6-11-26)15-7-3-2-4-8-15/h2-4,7-9,12,16,18H,5-6,10-11,13-14H2,1H3,(H2,22,24,25). The van der Waals surface area contributed by atoms with Gasteiger partial charge in [0, 0.05) is 26.0 Å². The molecule has 146 valence electrons. The van der Waals surface area contributed by atoms with Gasteiger partial charge in [-0.3, -0.25) is 14.5 Å². The van der Waals surface area contributed by atoms with Crippen LogP contribution in [0.4, 0.5) is 8.78 Å². The monoisotopic (exact) mass is 376 g/mol. The molecule has 0 saturated carbocycles. The quantitative estimate of drug-likeness (QED) is 0.576. The van der Waals surface area contributed by atoms with Crippen LogP contribution in [0.1, 0.15) is 36.8 Å². The third-order valence-corrected chi connectivity index (χ3v) is 4.83. The number of likely N-dealkylation sites (tertiary alicyclic amines) is 1. The first-order chi connectivity index (χ1) is 13.2. The van der Waals surface area contributed by atoms with E-state index in [-0.39, 0.29) is 18.4 Å². The molecule has 2 heterocycles. The van der Waals surface area contributed by atoms with Crippen molar-refractivity contribution in [3.05, 3.63) is 54.1 Å². The average Bonchev–Trinajstić information content (AvgIpc) is 3.37. The summed E-state index contributed by atoms with van der Waals surface area (Å²) in [5.74, 6) is 0.839. The molecule has 2 N–H and O–H groups in total. The van der Waals surface area contributed by atoms with Crippen molar-refractivity contribution in [2.45, 2.75) is 32.0 Å². The Morgan fingerprint density at radius 2 is 1.93 bits per heavy atom. The van der Waals surface area contributed by atoms with E-state index in [1.807, 2.05) is 6.07 Å². The molecule has 1 atom stereocenters. The molecule has 3 rings (SSSR count). The first-order valence-electron chi connectivity index (χ1n) is 9.22. The van der Waals surface area contributed by atoms with Crippen LogP contribution in [-0.2, 0) is 6.54 Å². The minimum absolute atomic E-state index is 0.177. The lowest BCUT2D eigenvalue weighted by atomic mass is 10.1. The van der Waals surface area contributed by atoms with E-state index in [1.54, 1.807) is 7.05 Å². The Kier molecular flexibility index (Phi) is 6.75. The molecule has 1 aliphatic heterocycles.